The Balaban J connectivity index is 2.32. The number of methoxy groups -OCH3 is 1. The highest BCUT2D eigenvalue weighted by Crippen LogP contribution is 2.26. The number of aliphatic imine (C=N–C) groups is 1. The lowest BCUT2D eigenvalue weighted by Gasteiger charge is -2.36. The van der Waals surface area contributed by atoms with Crippen molar-refractivity contribution in [1.82, 2.24) is 10.6 Å². The fraction of sp³-hybridized carbons (Fsp3) is 0.909. The summed E-state index contributed by atoms with van der Waals surface area (Å²) in [5.41, 5.74) is 0.226. The molecule has 0 aromatic rings. The van der Waals surface area contributed by atoms with Gasteiger partial charge in [-0.05, 0) is 6.92 Å². The van der Waals surface area contributed by atoms with Gasteiger partial charge in [-0.25, -0.2) is 0 Å². The molecule has 16 heavy (non-hydrogen) atoms. The molecule has 1 fully saturated rings. The minimum absolute atomic E-state index is 0.226. The first-order valence-corrected chi connectivity index (χ1v) is 5.79. The van der Waals surface area contributed by atoms with E-state index >= 15 is 0 Å². The Hall–Kier alpha value is -0.810. The first-order chi connectivity index (χ1) is 7.70. The first kappa shape index (κ1) is 13.3. The van der Waals surface area contributed by atoms with Crippen molar-refractivity contribution in [3.05, 3.63) is 0 Å². The van der Waals surface area contributed by atoms with Crippen LogP contribution in [-0.4, -0.2) is 52.5 Å². The van der Waals surface area contributed by atoms with E-state index in [1.807, 2.05) is 0 Å². The molecule has 1 aliphatic rings. The Morgan fingerprint density at radius 1 is 1.44 bits per heavy atom. The Morgan fingerprint density at radius 3 is 2.69 bits per heavy atom. The van der Waals surface area contributed by atoms with Gasteiger partial charge >= 0.3 is 0 Å². The number of hydrogen-bond donors (Lipinski definition) is 2. The van der Waals surface area contributed by atoms with Crippen LogP contribution in [0, 0.1) is 5.41 Å². The zero-order chi connectivity index (χ0) is 11.9. The predicted molar refractivity (Wildman–Crippen MR) is 64.8 cm³/mol. The highest BCUT2D eigenvalue weighted by molar-refractivity contribution is 5.79. The molecular formula is C11H23N3O2. The van der Waals surface area contributed by atoms with Gasteiger partial charge in [0.25, 0.3) is 0 Å². The highest BCUT2D eigenvalue weighted by Gasteiger charge is 2.33. The van der Waals surface area contributed by atoms with Crippen molar-refractivity contribution in [1.29, 1.82) is 0 Å². The van der Waals surface area contributed by atoms with E-state index in [2.05, 4.69) is 29.5 Å². The molecule has 0 saturated carbocycles. The third kappa shape index (κ3) is 4.37. The minimum Gasteiger partial charge on any atom is -0.383 e. The van der Waals surface area contributed by atoms with E-state index in [-0.39, 0.29) is 5.41 Å². The fourth-order valence-corrected chi connectivity index (χ4v) is 1.42. The summed E-state index contributed by atoms with van der Waals surface area (Å²) < 4.78 is 10.2. The van der Waals surface area contributed by atoms with Gasteiger partial charge in [-0.2, -0.15) is 0 Å². The lowest BCUT2D eigenvalue weighted by molar-refractivity contribution is -0.0945. The third-order valence-corrected chi connectivity index (χ3v) is 2.46. The van der Waals surface area contributed by atoms with Gasteiger partial charge in [-0.3, -0.25) is 4.99 Å². The second-order valence-corrected chi connectivity index (χ2v) is 4.42. The Kier molecular flexibility index (Phi) is 5.55. The van der Waals surface area contributed by atoms with E-state index in [4.69, 9.17) is 9.47 Å². The van der Waals surface area contributed by atoms with Gasteiger partial charge in [-0.1, -0.05) is 6.92 Å². The molecule has 0 aromatic carbocycles. The number of guanidine groups is 1. The summed E-state index contributed by atoms with van der Waals surface area (Å²) in [6.45, 7) is 9.00. The molecular weight excluding hydrogens is 206 g/mol. The van der Waals surface area contributed by atoms with Crippen LogP contribution in [0.3, 0.4) is 0 Å². The van der Waals surface area contributed by atoms with Crippen molar-refractivity contribution in [2.75, 3.05) is 46.6 Å². The van der Waals surface area contributed by atoms with Crippen LogP contribution in [0.15, 0.2) is 4.99 Å². The van der Waals surface area contributed by atoms with Gasteiger partial charge in [0, 0.05) is 25.6 Å². The normalized spacial score (nSPS) is 19.1. The van der Waals surface area contributed by atoms with Gasteiger partial charge < -0.3 is 20.1 Å². The third-order valence-electron chi connectivity index (χ3n) is 2.46. The molecule has 0 aliphatic carbocycles. The maximum absolute atomic E-state index is 5.20. The van der Waals surface area contributed by atoms with Crippen molar-refractivity contribution in [3.8, 4) is 0 Å². The lowest BCUT2D eigenvalue weighted by atomic mass is 9.89. The Morgan fingerprint density at radius 2 is 2.19 bits per heavy atom. The predicted octanol–water partition coefficient (Wildman–Crippen LogP) is 0.224. The molecule has 1 heterocycles. The molecule has 0 spiro atoms. The quantitative estimate of drug-likeness (QED) is 0.389. The van der Waals surface area contributed by atoms with Crippen molar-refractivity contribution < 1.29 is 9.47 Å². The van der Waals surface area contributed by atoms with E-state index in [0.29, 0.717) is 6.61 Å². The first-order valence-electron chi connectivity index (χ1n) is 5.79. The SMILES string of the molecule is CCNC(=NCC1(C)COC1)NCCOC. The van der Waals surface area contributed by atoms with Crippen LogP contribution >= 0.6 is 0 Å². The molecule has 5 heteroatoms. The highest BCUT2D eigenvalue weighted by atomic mass is 16.5. The number of nitrogens with zero attached hydrogens (tertiary/aromatic N) is 1. The van der Waals surface area contributed by atoms with Crippen LogP contribution in [0.2, 0.25) is 0 Å². The van der Waals surface area contributed by atoms with Crippen molar-refractivity contribution in [3.63, 3.8) is 0 Å². The molecule has 0 atom stereocenters. The van der Waals surface area contributed by atoms with Crippen LogP contribution in [-0.2, 0) is 9.47 Å². The van der Waals surface area contributed by atoms with Gasteiger partial charge in [0.1, 0.15) is 0 Å². The van der Waals surface area contributed by atoms with E-state index in [0.717, 1.165) is 38.8 Å². The van der Waals surface area contributed by atoms with Crippen molar-refractivity contribution in [2.24, 2.45) is 10.4 Å². The van der Waals surface area contributed by atoms with Gasteiger partial charge in [-0.15, -0.1) is 0 Å². The summed E-state index contributed by atoms with van der Waals surface area (Å²) >= 11 is 0. The van der Waals surface area contributed by atoms with Gasteiger partial charge in [0.15, 0.2) is 5.96 Å². The molecule has 5 nitrogen and oxygen atoms in total. The number of hydrogen-bond acceptors (Lipinski definition) is 3. The second-order valence-electron chi connectivity index (χ2n) is 4.42. The molecule has 1 aliphatic heterocycles. The Bertz CT molecular complexity index is 227. The smallest absolute Gasteiger partial charge is 0.191 e. The molecule has 0 bridgehead atoms. The zero-order valence-electron chi connectivity index (χ0n) is 10.5. The molecule has 0 unspecified atom stereocenters. The monoisotopic (exact) mass is 229 g/mol. The van der Waals surface area contributed by atoms with Crippen LogP contribution < -0.4 is 10.6 Å². The van der Waals surface area contributed by atoms with E-state index in [1.165, 1.54) is 0 Å². The van der Waals surface area contributed by atoms with Crippen molar-refractivity contribution in [2.45, 2.75) is 13.8 Å². The topological polar surface area (TPSA) is 54.9 Å². The Labute approximate surface area is 97.6 Å². The summed E-state index contributed by atoms with van der Waals surface area (Å²) in [4.78, 5) is 4.54. The van der Waals surface area contributed by atoms with Crippen molar-refractivity contribution >= 4 is 5.96 Å². The van der Waals surface area contributed by atoms with Crippen LogP contribution in [0.5, 0.6) is 0 Å². The average Bonchev–Trinajstić information content (AvgIpc) is 2.23. The largest absolute Gasteiger partial charge is 0.383 e. The maximum Gasteiger partial charge on any atom is 0.191 e. The number of rotatable bonds is 6. The molecule has 0 aromatic heterocycles. The maximum atomic E-state index is 5.20. The summed E-state index contributed by atoms with van der Waals surface area (Å²) in [6.07, 6.45) is 0. The fourth-order valence-electron chi connectivity index (χ4n) is 1.42. The van der Waals surface area contributed by atoms with Crippen LogP contribution in [0.1, 0.15) is 13.8 Å². The van der Waals surface area contributed by atoms with Gasteiger partial charge in [0.05, 0.1) is 26.4 Å². The van der Waals surface area contributed by atoms with E-state index in [1.54, 1.807) is 7.11 Å². The van der Waals surface area contributed by atoms with E-state index < -0.39 is 0 Å². The molecule has 1 rings (SSSR count). The van der Waals surface area contributed by atoms with Gasteiger partial charge in [0.2, 0.25) is 0 Å². The van der Waals surface area contributed by atoms with Crippen LogP contribution in [0.4, 0.5) is 0 Å². The number of ether oxygens (including phenoxy) is 2. The average molecular weight is 229 g/mol. The minimum atomic E-state index is 0.226. The molecule has 94 valence electrons. The lowest BCUT2D eigenvalue weighted by Crippen LogP contribution is -2.44. The molecule has 0 radical (unpaired) electrons. The summed E-state index contributed by atoms with van der Waals surface area (Å²) in [6, 6.07) is 0. The summed E-state index contributed by atoms with van der Waals surface area (Å²) in [5.74, 6) is 0.854. The second kappa shape index (κ2) is 6.70. The van der Waals surface area contributed by atoms with Crippen LogP contribution in [0.25, 0.3) is 0 Å². The summed E-state index contributed by atoms with van der Waals surface area (Å²) in [7, 11) is 1.69. The summed E-state index contributed by atoms with van der Waals surface area (Å²) in [5, 5.41) is 6.42. The molecule has 1 saturated heterocycles. The van der Waals surface area contributed by atoms with E-state index in [9.17, 15) is 0 Å². The standard InChI is InChI=1S/C11H23N3O2/c1-4-12-10(13-5-6-15-3)14-7-11(2)8-16-9-11/h4-9H2,1-3H3,(H2,12,13,14). The molecule has 2 N–H and O–H groups in total. The zero-order valence-corrected chi connectivity index (χ0v) is 10.5. The molecule has 0 amide bonds. The number of nitrogens with one attached hydrogen (secondary N) is 2.